The molecule has 3 rings (SSSR count). The van der Waals surface area contributed by atoms with E-state index >= 15 is 0 Å². The molecule has 8 heteroatoms. The van der Waals surface area contributed by atoms with Crippen LogP contribution < -0.4 is 9.64 Å². The highest BCUT2D eigenvalue weighted by atomic mass is 35.5. The molecule has 1 aliphatic heterocycles. The first-order valence-electron chi connectivity index (χ1n) is 7.53. The number of likely N-dealkylation sites (N-methyl/N-ethyl adjacent to an activating group) is 1. The van der Waals surface area contributed by atoms with Crippen LogP contribution in [0.1, 0.15) is 5.56 Å². The maximum absolute atomic E-state index is 12.5. The molecule has 134 valence electrons. The number of halogens is 5. The van der Waals surface area contributed by atoms with Crippen LogP contribution in [0.2, 0.25) is 10.0 Å². The van der Waals surface area contributed by atoms with Gasteiger partial charge >= 0.3 is 6.36 Å². The number of benzene rings is 2. The molecule has 0 N–H and O–H groups in total. The average molecular weight is 391 g/mol. The van der Waals surface area contributed by atoms with Crippen LogP contribution >= 0.6 is 23.2 Å². The third-order valence-electron chi connectivity index (χ3n) is 3.94. The number of anilines is 2. The molecule has 0 aliphatic carbocycles. The normalized spacial score (nSPS) is 15.7. The molecule has 0 aromatic heterocycles. The first-order chi connectivity index (χ1) is 11.7. The van der Waals surface area contributed by atoms with Crippen LogP contribution in [0.3, 0.4) is 0 Å². The molecule has 1 aliphatic rings. The third-order valence-corrected chi connectivity index (χ3v) is 4.67. The number of hydrogen-bond acceptors (Lipinski definition) is 3. The van der Waals surface area contributed by atoms with Crippen molar-refractivity contribution in [2.45, 2.75) is 12.9 Å². The van der Waals surface area contributed by atoms with Crippen LogP contribution in [0.15, 0.2) is 36.4 Å². The van der Waals surface area contributed by atoms with Crippen molar-refractivity contribution < 1.29 is 17.9 Å². The van der Waals surface area contributed by atoms with Gasteiger partial charge in [-0.1, -0.05) is 23.2 Å². The minimum absolute atomic E-state index is 0.226. The fourth-order valence-electron chi connectivity index (χ4n) is 2.83. The molecule has 0 atom stereocenters. The van der Waals surface area contributed by atoms with E-state index in [0.29, 0.717) is 23.1 Å². The Kier molecular flexibility index (Phi) is 5.04. The summed E-state index contributed by atoms with van der Waals surface area (Å²) in [4.78, 5) is 4.05. The van der Waals surface area contributed by atoms with E-state index < -0.39 is 6.36 Å². The highest BCUT2D eigenvalue weighted by Crippen LogP contribution is 2.37. The molecule has 0 radical (unpaired) electrons. The predicted octanol–water partition coefficient (Wildman–Crippen LogP) is 5.48. The Morgan fingerprint density at radius 2 is 1.76 bits per heavy atom. The predicted molar refractivity (Wildman–Crippen MR) is 92.9 cm³/mol. The fraction of sp³-hybridized carbons (Fsp3) is 0.294. The monoisotopic (exact) mass is 390 g/mol. The van der Waals surface area contributed by atoms with Crippen molar-refractivity contribution >= 4 is 34.6 Å². The lowest BCUT2D eigenvalue weighted by Crippen LogP contribution is -2.26. The number of nitrogens with zero attached hydrogens (tertiary/aromatic N) is 2. The van der Waals surface area contributed by atoms with Gasteiger partial charge in [0.1, 0.15) is 5.75 Å². The number of ether oxygens (including phenoxy) is 1. The Morgan fingerprint density at radius 3 is 2.44 bits per heavy atom. The van der Waals surface area contributed by atoms with Crippen LogP contribution in [0.4, 0.5) is 24.5 Å². The molecule has 2 aromatic carbocycles. The molecule has 25 heavy (non-hydrogen) atoms. The largest absolute Gasteiger partial charge is 0.573 e. The van der Waals surface area contributed by atoms with Gasteiger partial charge in [-0.3, -0.25) is 0 Å². The Morgan fingerprint density at radius 1 is 1.00 bits per heavy atom. The van der Waals surface area contributed by atoms with E-state index in [2.05, 4.69) is 4.74 Å². The summed E-state index contributed by atoms with van der Waals surface area (Å²) in [5, 5.41) is 0.877. The minimum atomic E-state index is -4.71. The van der Waals surface area contributed by atoms with Crippen LogP contribution in [0, 0.1) is 0 Å². The molecule has 0 amide bonds. The first-order valence-corrected chi connectivity index (χ1v) is 8.28. The summed E-state index contributed by atoms with van der Waals surface area (Å²) in [5.74, 6) is -0.226. The summed E-state index contributed by atoms with van der Waals surface area (Å²) in [7, 11) is 1.92. The second-order valence-corrected chi connectivity index (χ2v) is 6.64. The molecule has 0 saturated heterocycles. The van der Waals surface area contributed by atoms with E-state index in [9.17, 15) is 13.2 Å². The van der Waals surface area contributed by atoms with E-state index in [0.717, 1.165) is 23.5 Å². The van der Waals surface area contributed by atoms with Gasteiger partial charge in [0.2, 0.25) is 0 Å². The van der Waals surface area contributed by atoms with Gasteiger partial charge in [0.05, 0.1) is 10.0 Å². The number of fused-ring (bicyclic) bond motifs is 1. The Balaban J connectivity index is 2.01. The van der Waals surface area contributed by atoms with Gasteiger partial charge in [-0.25, -0.2) is 0 Å². The smallest absolute Gasteiger partial charge is 0.406 e. The molecular weight excluding hydrogens is 376 g/mol. The van der Waals surface area contributed by atoms with Gasteiger partial charge in [-0.2, -0.15) is 0 Å². The number of alkyl halides is 3. The van der Waals surface area contributed by atoms with Crippen LogP contribution in [-0.4, -0.2) is 31.4 Å². The van der Waals surface area contributed by atoms with Crippen LogP contribution in [0.5, 0.6) is 5.75 Å². The second kappa shape index (κ2) is 6.94. The van der Waals surface area contributed by atoms with Crippen molar-refractivity contribution in [2.24, 2.45) is 0 Å². The van der Waals surface area contributed by atoms with Crippen molar-refractivity contribution in [2.75, 3.05) is 25.0 Å². The first kappa shape index (κ1) is 18.2. The summed E-state index contributed by atoms with van der Waals surface area (Å²) in [5.41, 5.74) is 2.39. The van der Waals surface area contributed by atoms with E-state index in [4.69, 9.17) is 23.2 Å². The van der Waals surface area contributed by atoms with Gasteiger partial charge in [0.25, 0.3) is 0 Å². The standard InChI is InChI=1S/C17H15Cl2F3N2O/c1-23-6-7-24(12-2-4-14(18)15(19)9-12)16-5-3-13(8-11(16)10-23)25-17(20,21)22/h2-5,8-9H,6-7,10H2,1H3. The van der Waals surface area contributed by atoms with Crippen molar-refractivity contribution in [3.8, 4) is 5.75 Å². The lowest BCUT2D eigenvalue weighted by Gasteiger charge is -2.25. The molecule has 2 aromatic rings. The average Bonchev–Trinajstić information content (AvgIpc) is 2.66. The van der Waals surface area contributed by atoms with Gasteiger partial charge < -0.3 is 14.5 Å². The van der Waals surface area contributed by atoms with E-state index in [1.807, 2.05) is 22.9 Å². The van der Waals surface area contributed by atoms with Crippen molar-refractivity contribution in [3.63, 3.8) is 0 Å². The molecule has 0 bridgehead atoms. The van der Waals surface area contributed by atoms with Gasteiger partial charge in [0.15, 0.2) is 0 Å². The lowest BCUT2D eigenvalue weighted by molar-refractivity contribution is -0.274. The van der Waals surface area contributed by atoms with Crippen LogP contribution in [0.25, 0.3) is 0 Å². The lowest BCUT2D eigenvalue weighted by atomic mass is 10.1. The maximum atomic E-state index is 12.5. The molecule has 0 fully saturated rings. The summed E-state index contributed by atoms with van der Waals surface area (Å²) < 4.78 is 41.5. The molecule has 3 nitrogen and oxygen atoms in total. The zero-order chi connectivity index (χ0) is 18.2. The van der Waals surface area contributed by atoms with E-state index in [1.54, 1.807) is 18.2 Å². The van der Waals surface area contributed by atoms with Crippen molar-refractivity contribution in [3.05, 3.63) is 52.0 Å². The molecule has 0 saturated carbocycles. The minimum Gasteiger partial charge on any atom is -0.406 e. The summed E-state index contributed by atoms with van der Waals surface area (Å²) in [6.07, 6.45) is -4.71. The Hall–Kier alpha value is -1.63. The zero-order valence-electron chi connectivity index (χ0n) is 13.3. The molecular formula is C17H15Cl2F3N2O. The van der Waals surface area contributed by atoms with E-state index in [1.165, 1.54) is 12.1 Å². The van der Waals surface area contributed by atoms with Crippen LogP contribution in [-0.2, 0) is 6.54 Å². The summed E-state index contributed by atoms with van der Waals surface area (Å²) in [6.45, 7) is 1.92. The summed E-state index contributed by atoms with van der Waals surface area (Å²) in [6, 6.07) is 9.67. The highest BCUT2D eigenvalue weighted by molar-refractivity contribution is 6.42. The maximum Gasteiger partial charge on any atom is 0.573 e. The van der Waals surface area contributed by atoms with Gasteiger partial charge in [-0.05, 0) is 49.0 Å². The molecule has 0 unspecified atom stereocenters. The second-order valence-electron chi connectivity index (χ2n) is 5.83. The SMILES string of the molecule is CN1CCN(c2ccc(Cl)c(Cl)c2)c2ccc(OC(F)(F)F)cc2C1. The highest BCUT2D eigenvalue weighted by Gasteiger charge is 2.31. The quantitative estimate of drug-likeness (QED) is 0.675. The van der Waals surface area contributed by atoms with Crippen molar-refractivity contribution in [1.82, 2.24) is 4.90 Å². The Bertz CT molecular complexity index is 783. The number of hydrogen-bond donors (Lipinski definition) is 0. The summed E-state index contributed by atoms with van der Waals surface area (Å²) >= 11 is 12.1. The van der Waals surface area contributed by atoms with Gasteiger partial charge in [-0.15, -0.1) is 13.2 Å². The zero-order valence-corrected chi connectivity index (χ0v) is 14.8. The fourth-order valence-corrected chi connectivity index (χ4v) is 3.12. The third kappa shape index (κ3) is 4.32. The number of rotatable bonds is 2. The molecule has 1 heterocycles. The Labute approximate surface area is 153 Å². The van der Waals surface area contributed by atoms with E-state index in [-0.39, 0.29) is 5.75 Å². The van der Waals surface area contributed by atoms with Crippen molar-refractivity contribution in [1.29, 1.82) is 0 Å². The van der Waals surface area contributed by atoms with Gasteiger partial charge in [0, 0.05) is 31.0 Å². The molecule has 0 spiro atoms. The topological polar surface area (TPSA) is 15.7 Å².